The number of hydrogen-bond donors (Lipinski definition) is 0. The van der Waals surface area contributed by atoms with Crippen molar-refractivity contribution in [3.8, 4) is 22.6 Å². The van der Waals surface area contributed by atoms with Gasteiger partial charge in [0, 0.05) is 25.3 Å². The zero-order valence-electron chi connectivity index (χ0n) is 14.9. The van der Waals surface area contributed by atoms with Crippen LogP contribution in [-0.4, -0.2) is 40.6 Å². The topological polar surface area (TPSA) is 36.9 Å². The molecular formula is C20H26O4. The minimum absolute atomic E-state index is 0.513. The molecule has 4 heteroatoms. The van der Waals surface area contributed by atoms with Gasteiger partial charge in [-0.3, -0.25) is 0 Å². The predicted octanol–water partition coefficient (Wildman–Crippen LogP) is 4.02. The van der Waals surface area contributed by atoms with Crippen LogP contribution in [-0.2, 0) is 9.47 Å². The van der Waals surface area contributed by atoms with Crippen LogP contribution in [0.2, 0.25) is 0 Å². The van der Waals surface area contributed by atoms with Gasteiger partial charge in [0.15, 0.2) is 0 Å². The number of rotatable bonds is 9. The van der Waals surface area contributed by atoms with Crippen molar-refractivity contribution in [2.45, 2.75) is 13.8 Å². The van der Waals surface area contributed by atoms with Crippen molar-refractivity contribution in [1.82, 2.24) is 0 Å². The van der Waals surface area contributed by atoms with Crippen LogP contribution in [0.5, 0.6) is 11.5 Å². The molecule has 2 aromatic carbocycles. The minimum Gasteiger partial charge on any atom is -0.491 e. The van der Waals surface area contributed by atoms with Crippen LogP contribution < -0.4 is 9.47 Å². The molecule has 4 nitrogen and oxygen atoms in total. The molecule has 2 rings (SSSR count). The van der Waals surface area contributed by atoms with Crippen LogP contribution in [0.3, 0.4) is 0 Å². The van der Waals surface area contributed by atoms with E-state index in [1.54, 1.807) is 14.2 Å². The molecule has 2 aromatic rings. The average molecular weight is 330 g/mol. The maximum absolute atomic E-state index is 5.94. The normalized spacial score (nSPS) is 10.7. The number of aryl methyl sites for hydroxylation is 2. The maximum Gasteiger partial charge on any atom is 0.127 e. The van der Waals surface area contributed by atoms with E-state index < -0.39 is 0 Å². The van der Waals surface area contributed by atoms with E-state index in [-0.39, 0.29) is 0 Å². The zero-order chi connectivity index (χ0) is 17.4. The van der Waals surface area contributed by atoms with Crippen LogP contribution >= 0.6 is 0 Å². The number of hydrogen-bond acceptors (Lipinski definition) is 4. The third-order valence-corrected chi connectivity index (χ3v) is 3.81. The van der Waals surface area contributed by atoms with E-state index in [4.69, 9.17) is 18.9 Å². The Balaban J connectivity index is 2.43. The summed E-state index contributed by atoms with van der Waals surface area (Å²) >= 11 is 0. The summed E-state index contributed by atoms with van der Waals surface area (Å²) in [5, 5.41) is 0. The fraction of sp³-hybridized carbons (Fsp3) is 0.400. The fourth-order valence-electron chi connectivity index (χ4n) is 2.63. The Bertz CT molecular complexity index is 595. The molecule has 0 bridgehead atoms. The van der Waals surface area contributed by atoms with E-state index in [0.29, 0.717) is 26.4 Å². The van der Waals surface area contributed by atoms with E-state index >= 15 is 0 Å². The van der Waals surface area contributed by atoms with Crippen LogP contribution in [0.15, 0.2) is 36.4 Å². The molecule has 0 spiro atoms. The minimum atomic E-state index is 0.513. The fourth-order valence-corrected chi connectivity index (χ4v) is 2.63. The summed E-state index contributed by atoms with van der Waals surface area (Å²) in [6, 6.07) is 12.2. The molecule has 0 saturated carbocycles. The first kappa shape index (κ1) is 18.3. The zero-order valence-corrected chi connectivity index (χ0v) is 14.9. The highest BCUT2D eigenvalue weighted by Crippen LogP contribution is 2.40. The average Bonchev–Trinajstić information content (AvgIpc) is 2.57. The molecule has 0 aliphatic rings. The Kier molecular flexibility index (Phi) is 7.09. The summed E-state index contributed by atoms with van der Waals surface area (Å²) in [6.45, 7) is 6.31. The molecule has 0 radical (unpaired) electrons. The van der Waals surface area contributed by atoms with Gasteiger partial charge in [-0.1, -0.05) is 24.3 Å². The van der Waals surface area contributed by atoms with Crippen molar-refractivity contribution in [3.63, 3.8) is 0 Å². The van der Waals surface area contributed by atoms with Crippen LogP contribution in [0, 0.1) is 13.8 Å². The van der Waals surface area contributed by atoms with Crippen molar-refractivity contribution < 1.29 is 18.9 Å². The van der Waals surface area contributed by atoms with E-state index in [1.807, 2.05) is 24.3 Å². The van der Waals surface area contributed by atoms with Gasteiger partial charge in [0.25, 0.3) is 0 Å². The van der Waals surface area contributed by atoms with Gasteiger partial charge < -0.3 is 18.9 Å². The number of benzene rings is 2. The second kappa shape index (κ2) is 9.30. The van der Waals surface area contributed by atoms with Gasteiger partial charge in [-0.25, -0.2) is 0 Å². The number of ether oxygens (including phenoxy) is 4. The van der Waals surface area contributed by atoms with E-state index in [2.05, 4.69) is 26.0 Å². The molecule has 0 unspecified atom stereocenters. The van der Waals surface area contributed by atoms with E-state index in [1.165, 1.54) is 0 Å². The first-order valence-corrected chi connectivity index (χ1v) is 8.12. The van der Waals surface area contributed by atoms with Gasteiger partial charge in [0.05, 0.1) is 13.2 Å². The quantitative estimate of drug-likeness (QED) is 0.651. The van der Waals surface area contributed by atoms with Crippen molar-refractivity contribution in [2.75, 3.05) is 40.6 Å². The van der Waals surface area contributed by atoms with Crippen molar-refractivity contribution >= 4 is 0 Å². The first-order valence-electron chi connectivity index (χ1n) is 8.12. The monoisotopic (exact) mass is 330 g/mol. The Morgan fingerprint density at radius 1 is 0.625 bits per heavy atom. The molecule has 0 saturated heterocycles. The summed E-state index contributed by atoms with van der Waals surface area (Å²) in [5.41, 5.74) is 4.44. The molecule has 0 aliphatic carbocycles. The molecule has 0 aromatic heterocycles. The van der Waals surface area contributed by atoms with Gasteiger partial charge in [0.2, 0.25) is 0 Å². The molecule has 0 N–H and O–H groups in total. The Morgan fingerprint density at radius 3 is 1.42 bits per heavy atom. The van der Waals surface area contributed by atoms with E-state index in [9.17, 15) is 0 Å². The molecule has 0 aliphatic heterocycles. The van der Waals surface area contributed by atoms with Crippen molar-refractivity contribution in [2.24, 2.45) is 0 Å². The summed E-state index contributed by atoms with van der Waals surface area (Å²) in [4.78, 5) is 0. The summed E-state index contributed by atoms with van der Waals surface area (Å²) in [6.07, 6.45) is 0. The smallest absolute Gasteiger partial charge is 0.127 e. The lowest BCUT2D eigenvalue weighted by molar-refractivity contribution is 0.145. The number of methoxy groups -OCH3 is 2. The lowest BCUT2D eigenvalue weighted by atomic mass is 9.94. The lowest BCUT2D eigenvalue weighted by Crippen LogP contribution is -2.08. The Labute approximate surface area is 144 Å². The lowest BCUT2D eigenvalue weighted by Gasteiger charge is -2.19. The van der Waals surface area contributed by atoms with Gasteiger partial charge in [-0.05, 0) is 37.1 Å². The Morgan fingerprint density at radius 2 is 1.04 bits per heavy atom. The van der Waals surface area contributed by atoms with Gasteiger partial charge in [-0.15, -0.1) is 0 Å². The second-order valence-electron chi connectivity index (χ2n) is 5.58. The van der Waals surface area contributed by atoms with Gasteiger partial charge >= 0.3 is 0 Å². The first-order chi connectivity index (χ1) is 11.7. The van der Waals surface area contributed by atoms with Gasteiger partial charge in [0.1, 0.15) is 24.7 Å². The molecular weight excluding hydrogens is 304 g/mol. The third-order valence-electron chi connectivity index (χ3n) is 3.81. The molecule has 0 amide bonds. The van der Waals surface area contributed by atoms with Crippen molar-refractivity contribution in [1.29, 1.82) is 0 Å². The SMILES string of the molecule is COCCOc1cccc(C)c1-c1c(C)cccc1OCCOC. The van der Waals surface area contributed by atoms with Crippen LogP contribution in [0.4, 0.5) is 0 Å². The van der Waals surface area contributed by atoms with Gasteiger partial charge in [-0.2, -0.15) is 0 Å². The molecule has 0 fully saturated rings. The molecule has 0 atom stereocenters. The van der Waals surface area contributed by atoms with Crippen LogP contribution in [0.25, 0.3) is 11.1 Å². The molecule has 0 heterocycles. The van der Waals surface area contributed by atoms with E-state index in [0.717, 1.165) is 33.8 Å². The predicted molar refractivity (Wildman–Crippen MR) is 96.1 cm³/mol. The summed E-state index contributed by atoms with van der Waals surface area (Å²) in [5.74, 6) is 1.69. The summed E-state index contributed by atoms with van der Waals surface area (Å²) < 4.78 is 22.1. The highest BCUT2D eigenvalue weighted by atomic mass is 16.5. The van der Waals surface area contributed by atoms with Crippen molar-refractivity contribution in [3.05, 3.63) is 47.5 Å². The standard InChI is InChI=1S/C20H26O4/c1-15-7-5-9-17(23-13-11-21-3)19(15)20-16(2)8-6-10-18(20)24-14-12-22-4/h5-10H,11-14H2,1-4H3. The Hall–Kier alpha value is -2.04. The third kappa shape index (κ3) is 4.49. The second-order valence-corrected chi connectivity index (χ2v) is 5.58. The summed E-state index contributed by atoms with van der Waals surface area (Å²) in [7, 11) is 3.34. The van der Waals surface area contributed by atoms with Crippen LogP contribution in [0.1, 0.15) is 11.1 Å². The largest absolute Gasteiger partial charge is 0.491 e. The highest BCUT2D eigenvalue weighted by molar-refractivity contribution is 5.81. The molecule has 130 valence electrons. The maximum atomic E-state index is 5.94. The molecule has 24 heavy (non-hydrogen) atoms. The highest BCUT2D eigenvalue weighted by Gasteiger charge is 2.16.